The lowest BCUT2D eigenvalue weighted by molar-refractivity contribution is 1.04. The summed E-state index contributed by atoms with van der Waals surface area (Å²) in [5.41, 5.74) is 16.4. The van der Waals surface area contributed by atoms with Gasteiger partial charge in [-0.25, -0.2) is 4.98 Å². The maximum absolute atomic E-state index is 5.33. The van der Waals surface area contributed by atoms with Crippen LogP contribution in [0.1, 0.15) is 18.4 Å². The standard InChI is InChI=1S/C48H34N2S/c1-3-11-33(12-4-1)37-15-7-17-39(27-37)35-22-24-36(25-23-35)48-50-47-45(42-20-9-18-40(29-42)43-21-10-26-49-32-43)30-44(31-46(47)51-48)41-19-8-16-38(28-41)34-13-5-2-6-14-34/h2-3,5-32H,1,4H2. The molecule has 0 amide bonds. The number of hydrogen-bond acceptors (Lipinski definition) is 3. The first-order chi connectivity index (χ1) is 25.2. The molecule has 0 aliphatic heterocycles. The molecule has 2 nitrogen and oxygen atoms in total. The summed E-state index contributed by atoms with van der Waals surface area (Å²) >= 11 is 1.76. The number of nitrogens with zero attached hydrogens (tertiary/aromatic N) is 2. The van der Waals surface area contributed by atoms with E-state index in [2.05, 4.69) is 169 Å². The third-order valence-corrected chi connectivity index (χ3v) is 10.7. The fourth-order valence-corrected chi connectivity index (χ4v) is 8.00. The van der Waals surface area contributed by atoms with Crippen LogP contribution < -0.4 is 0 Å². The van der Waals surface area contributed by atoms with Crippen LogP contribution in [0.2, 0.25) is 0 Å². The summed E-state index contributed by atoms with van der Waals surface area (Å²) in [7, 11) is 0. The van der Waals surface area contributed by atoms with Gasteiger partial charge in [0.1, 0.15) is 5.01 Å². The monoisotopic (exact) mass is 670 g/mol. The Labute approximate surface area is 302 Å². The molecule has 6 aromatic carbocycles. The summed E-state index contributed by atoms with van der Waals surface area (Å²) in [6.45, 7) is 0. The van der Waals surface area contributed by atoms with Gasteiger partial charge in [0.2, 0.25) is 0 Å². The molecule has 0 radical (unpaired) electrons. The van der Waals surface area contributed by atoms with Crippen molar-refractivity contribution in [2.75, 3.05) is 0 Å². The molecular formula is C48H34N2S. The minimum atomic E-state index is 1.02. The Kier molecular flexibility index (Phi) is 8.25. The van der Waals surface area contributed by atoms with Gasteiger partial charge in [-0.15, -0.1) is 11.3 Å². The van der Waals surface area contributed by atoms with E-state index in [9.17, 15) is 0 Å². The molecule has 0 spiro atoms. The van der Waals surface area contributed by atoms with Crippen LogP contribution in [0.5, 0.6) is 0 Å². The number of fused-ring (bicyclic) bond motifs is 1. The topological polar surface area (TPSA) is 25.8 Å². The fraction of sp³-hybridized carbons (Fsp3) is 0.0417. The molecule has 1 aliphatic rings. The molecule has 8 aromatic rings. The van der Waals surface area contributed by atoms with E-state index in [1.807, 2.05) is 18.5 Å². The largest absolute Gasteiger partial charge is 0.264 e. The molecule has 0 fully saturated rings. The van der Waals surface area contributed by atoms with Crippen molar-refractivity contribution in [1.82, 2.24) is 9.97 Å². The SMILES string of the molecule is C1=CC(c2cccc(-c3ccc(-c4nc5c(-c6cccc(-c7cccnc7)c6)cc(-c6cccc(-c7ccccc7)c6)cc5s4)cc3)c2)=CCC1. The summed E-state index contributed by atoms with van der Waals surface area (Å²) in [5, 5.41) is 1.02. The van der Waals surface area contributed by atoms with Gasteiger partial charge in [-0.05, 0) is 105 Å². The number of thiazole rings is 1. The fourth-order valence-electron chi connectivity index (χ4n) is 6.96. The molecule has 3 heteroatoms. The van der Waals surface area contributed by atoms with Crippen molar-refractivity contribution in [1.29, 1.82) is 0 Å². The number of rotatable bonds is 7. The average Bonchev–Trinajstić information content (AvgIpc) is 3.66. The van der Waals surface area contributed by atoms with Crippen LogP contribution >= 0.6 is 11.3 Å². The van der Waals surface area contributed by atoms with Gasteiger partial charge in [0, 0.05) is 29.1 Å². The lowest BCUT2D eigenvalue weighted by atomic mass is 9.94. The summed E-state index contributed by atoms with van der Waals surface area (Å²) in [4.78, 5) is 9.70. The first-order valence-electron chi connectivity index (χ1n) is 17.4. The molecule has 0 N–H and O–H groups in total. The van der Waals surface area contributed by atoms with Crippen molar-refractivity contribution in [3.05, 3.63) is 188 Å². The predicted molar refractivity (Wildman–Crippen MR) is 216 cm³/mol. The van der Waals surface area contributed by atoms with Gasteiger partial charge in [-0.3, -0.25) is 4.98 Å². The van der Waals surface area contributed by atoms with E-state index in [0.717, 1.165) is 51.2 Å². The molecule has 242 valence electrons. The van der Waals surface area contributed by atoms with Crippen molar-refractivity contribution in [3.8, 4) is 66.2 Å². The van der Waals surface area contributed by atoms with Gasteiger partial charge in [-0.2, -0.15) is 0 Å². The van der Waals surface area contributed by atoms with E-state index in [4.69, 9.17) is 4.98 Å². The first kappa shape index (κ1) is 30.9. The van der Waals surface area contributed by atoms with Crippen LogP contribution in [-0.4, -0.2) is 9.97 Å². The number of pyridine rings is 1. The van der Waals surface area contributed by atoms with Gasteiger partial charge in [0.25, 0.3) is 0 Å². The van der Waals surface area contributed by atoms with E-state index in [0.29, 0.717) is 0 Å². The zero-order valence-electron chi connectivity index (χ0n) is 28.0. The Hall–Kier alpha value is -6.16. The number of aromatic nitrogens is 2. The van der Waals surface area contributed by atoms with E-state index < -0.39 is 0 Å². The molecule has 0 bridgehead atoms. The van der Waals surface area contributed by atoms with E-state index in [1.54, 1.807) is 11.3 Å². The second-order valence-electron chi connectivity index (χ2n) is 13.0. The van der Waals surface area contributed by atoms with Gasteiger partial charge in [0.05, 0.1) is 10.2 Å². The number of hydrogen-bond donors (Lipinski definition) is 0. The molecule has 2 aromatic heterocycles. The van der Waals surface area contributed by atoms with Crippen molar-refractivity contribution in [3.63, 3.8) is 0 Å². The van der Waals surface area contributed by atoms with Crippen molar-refractivity contribution >= 4 is 27.1 Å². The quantitative estimate of drug-likeness (QED) is 0.169. The van der Waals surface area contributed by atoms with Crippen molar-refractivity contribution in [2.45, 2.75) is 12.8 Å². The highest BCUT2D eigenvalue weighted by atomic mass is 32.1. The molecular weight excluding hydrogens is 637 g/mol. The zero-order chi connectivity index (χ0) is 34.0. The third kappa shape index (κ3) is 6.36. The van der Waals surface area contributed by atoms with Gasteiger partial charge >= 0.3 is 0 Å². The molecule has 2 heterocycles. The van der Waals surface area contributed by atoms with Gasteiger partial charge in [0.15, 0.2) is 0 Å². The highest BCUT2D eigenvalue weighted by Gasteiger charge is 2.16. The minimum Gasteiger partial charge on any atom is -0.264 e. The average molecular weight is 671 g/mol. The van der Waals surface area contributed by atoms with Gasteiger partial charge in [-0.1, -0.05) is 133 Å². The number of allylic oxidation sites excluding steroid dienone is 4. The Morgan fingerprint density at radius 2 is 1.06 bits per heavy atom. The van der Waals surface area contributed by atoms with Gasteiger partial charge < -0.3 is 0 Å². The minimum absolute atomic E-state index is 1.02. The first-order valence-corrected chi connectivity index (χ1v) is 18.3. The Morgan fingerprint density at radius 1 is 0.451 bits per heavy atom. The van der Waals surface area contributed by atoms with Crippen LogP contribution in [0.3, 0.4) is 0 Å². The molecule has 0 saturated carbocycles. The molecule has 1 aliphatic carbocycles. The second-order valence-corrected chi connectivity index (χ2v) is 14.0. The van der Waals surface area contributed by atoms with Crippen LogP contribution in [0.15, 0.2) is 182 Å². The summed E-state index contributed by atoms with van der Waals surface area (Å²) in [5.74, 6) is 0. The third-order valence-electron chi connectivity index (χ3n) is 9.62. The maximum Gasteiger partial charge on any atom is 0.124 e. The number of benzene rings is 6. The molecule has 9 rings (SSSR count). The Balaban J connectivity index is 1.13. The molecule has 51 heavy (non-hydrogen) atoms. The van der Waals surface area contributed by atoms with Crippen molar-refractivity contribution < 1.29 is 0 Å². The Morgan fingerprint density at radius 3 is 1.78 bits per heavy atom. The summed E-state index contributed by atoms with van der Waals surface area (Å²) < 4.78 is 1.17. The molecule has 0 atom stereocenters. The van der Waals surface area contributed by atoms with E-state index >= 15 is 0 Å². The second kappa shape index (κ2) is 13.6. The van der Waals surface area contributed by atoms with Crippen LogP contribution in [0.25, 0.3) is 82.0 Å². The maximum atomic E-state index is 5.33. The zero-order valence-corrected chi connectivity index (χ0v) is 28.9. The van der Waals surface area contributed by atoms with E-state index in [1.165, 1.54) is 49.2 Å². The highest BCUT2D eigenvalue weighted by molar-refractivity contribution is 7.21. The van der Waals surface area contributed by atoms with Crippen molar-refractivity contribution in [2.24, 2.45) is 0 Å². The molecule has 0 unspecified atom stereocenters. The predicted octanol–water partition coefficient (Wildman–Crippen LogP) is 13.4. The summed E-state index contributed by atoms with van der Waals surface area (Å²) in [6, 6.07) is 54.6. The smallest absolute Gasteiger partial charge is 0.124 e. The highest BCUT2D eigenvalue weighted by Crippen LogP contribution is 2.41. The lowest BCUT2D eigenvalue weighted by Gasteiger charge is -2.11. The normalized spacial score (nSPS) is 12.6. The van der Waals surface area contributed by atoms with E-state index in [-0.39, 0.29) is 0 Å². The lowest BCUT2D eigenvalue weighted by Crippen LogP contribution is -1.88. The molecule has 0 saturated heterocycles. The van der Waals surface area contributed by atoms with Crippen LogP contribution in [-0.2, 0) is 0 Å². The van der Waals surface area contributed by atoms with Crippen LogP contribution in [0.4, 0.5) is 0 Å². The Bertz CT molecular complexity index is 2560. The summed E-state index contributed by atoms with van der Waals surface area (Å²) in [6.07, 6.45) is 12.8. The van der Waals surface area contributed by atoms with Crippen LogP contribution in [0, 0.1) is 0 Å².